The van der Waals surface area contributed by atoms with Crippen molar-refractivity contribution in [2.75, 3.05) is 29.9 Å². The number of aryl methyl sites for hydroxylation is 1. The van der Waals surface area contributed by atoms with Gasteiger partial charge in [-0.25, -0.2) is 4.98 Å². The Hall–Kier alpha value is -1.58. The molecule has 1 aromatic heterocycles. The van der Waals surface area contributed by atoms with Crippen LogP contribution in [0.1, 0.15) is 25.5 Å². The molecule has 1 aliphatic heterocycles. The SMILES string of the molecule is C=CCNc1nc(C)cc(N2CCC(C)CC2)n1. The molecule has 1 aliphatic rings. The molecule has 0 saturated carbocycles. The maximum Gasteiger partial charge on any atom is 0.225 e. The van der Waals surface area contributed by atoms with Gasteiger partial charge in [0, 0.05) is 31.4 Å². The average molecular weight is 246 g/mol. The Balaban J connectivity index is 2.11. The molecule has 1 aromatic rings. The summed E-state index contributed by atoms with van der Waals surface area (Å²) in [5.74, 6) is 2.58. The van der Waals surface area contributed by atoms with Crippen LogP contribution in [0, 0.1) is 12.8 Å². The molecule has 0 unspecified atom stereocenters. The second-order valence-electron chi connectivity index (χ2n) is 5.03. The van der Waals surface area contributed by atoms with Gasteiger partial charge in [0.1, 0.15) is 5.82 Å². The number of hydrogen-bond acceptors (Lipinski definition) is 4. The monoisotopic (exact) mass is 246 g/mol. The van der Waals surface area contributed by atoms with E-state index in [1.807, 2.05) is 13.0 Å². The minimum Gasteiger partial charge on any atom is -0.356 e. The first-order chi connectivity index (χ1) is 8.69. The van der Waals surface area contributed by atoms with Crippen LogP contribution < -0.4 is 10.2 Å². The van der Waals surface area contributed by atoms with Gasteiger partial charge in [-0.15, -0.1) is 6.58 Å². The van der Waals surface area contributed by atoms with Crippen molar-refractivity contribution < 1.29 is 0 Å². The molecule has 0 amide bonds. The van der Waals surface area contributed by atoms with Crippen LogP contribution in [-0.2, 0) is 0 Å². The summed E-state index contributed by atoms with van der Waals surface area (Å²) >= 11 is 0. The van der Waals surface area contributed by atoms with Crippen LogP contribution in [0.3, 0.4) is 0 Å². The molecule has 1 fully saturated rings. The molecular formula is C14H22N4. The van der Waals surface area contributed by atoms with Gasteiger partial charge in [0.25, 0.3) is 0 Å². The fourth-order valence-corrected chi connectivity index (χ4v) is 2.19. The summed E-state index contributed by atoms with van der Waals surface area (Å²) in [5, 5.41) is 3.16. The minimum atomic E-state index is 0.694. The third-order valence-electron chi connectivity index (χ3n) is 3.35. The molecule has 0 aliphatic carbocycles. The summed E-state index contributed by atoms with van der Waals surface area (Å²) in [6.45, 7) is 10.9. The zero-order valence-corrected chi connectivity index (χ0v) is 11.3. The van der Waals surface area contributed by atoms with E-state index in [9.17, 15) is 0 Å². The van der Waals surface area contributed by atoms with Crippen LogP contribution >= 0.6 is 0 Å². The first-order valence-electron chi connectivity index (χ1n) is 6.64. The van der Waals surface area contributed by atoms with Crippen molar-refractivity contribution in [3.63, 3.8) is 0 Å². The van der Waals surface area contributed by atoms with E-state index in [0.29, 0.717) is 12.5 Å². The number of nitrogens with zero attached hydrogens (tertiary/aromatic N) is 3. The van der Waals surface area contributed by atoms with Gasteiger partial charge in [0.2, 0.25) is 5.95 Å². The molecule has 4 nitrogen and oxygen atoms in total. The Kier molecular flexibility index (Phi) is 4.18. The van der Waals surface area contributed by atoms with Crippen molar-refractivity contribution in [1.29, 1.82) is 0 Å². The smallest absolute Gasteiger partial charge is 0.225 e. The molecule has 2 heterocycles. The fourth-order valence-electron chi connectivity index (χ4n) is 2.19. The van der Waals surface area contributed by atoms with Gasteiger partial charge in [-0.2, -0.15) is 4.98 Å². The van der Waals surface area contributed by atoms with Crippen molar-refractivity contribution in [1.82, 2.24) is 9.97 Å². The molecule has 98 valence electrons. The van der Waals surface area contributed by atoms with E-state index in [1.54, 1.807) is 0 Å². The highest BCUT2D eigenvalue weighted by Gasteiger charge is 2.17. The molecule has 0 spiro atoms. The van der Waals surface area contributed by atoms with Crippen LogP contribution in [-0.4, -0.2) is 29.6 Å². The normalized spacial score (nSPS) is 16.7. The van der Waals surface area contributed by atoms with Gasteiger partial charge in [-0.3, -0.25) is 0 Å². The average Bonchev–Trinajstić information content (AvgIpc) is 2.36. The number of aromatic nitrogens is 2. The fraction of sp³-hybridized carbons (Fsp3) is 0.571. The van der Waals surface area contributed by atoms with E-state index in [4.69, 9.17) is 0 Å². The second kappa shape index (κ2) is 5.85. The van der Waals surface area contributed by atoms with Crippen LogP contribution in [0.2, 0.25) is 0 Å². The van der Waals surface area contributed by atoms with E-state index in [0.717, 1.165) is 30.5 Å². The second-order valence-corrected chi connectivity index (χ2v) is 5.03. The van der Waals surface area contributed by atoms with E-state index in [-0.39, 0.29) is 0 Å². The lowest BCUT2D eigenvalue weighted by molar-refractivity contribution is 0.436. The van der Waals surface area contributed by atoms with Gasteiger partial charge >= 0.3 is 0 Å². The molecule has 0 radical (unpaired) electrons. The molecule has 18 heavy (non-hydrogen) atoms. The molecular weight excluding hydrogens is 224 g/mol. The van der Waals surface area contributed by atoms with Crippen molar-refractivity contribution in [3.05, 3.63) is 24.4 Å². The maximum atomic E-state index is 4.58. The Morgan fingerprint density at radius 1 is 1.44 bits per heavy atom. The third kappa shape index (κ3) is 3.22. The summed E-state index contributed by atoms with van der Waals surface area (Å²) in [6, 6.07) is 2.06. The van der Waals surface area contributed by atoms with Gasteiger partial charge in [-0.1, -0.05) is 13.0 Å². The van der Waals surface area contributed by atoms with Crippen molar-refractivity contribution in [3.8, 4) is 0 Å². The van der Waals surface area contributed by atoms with Gasteiger partial charge in [-0.05, 0) is 25.7 Å². The quantitative estimate of drug-likeness (QED) is 0.829. The number of rotatable bonds is 4. The van der Waals surface area contributed by atoms with Crippen molar-refractivity contribution in [2.45, 2.75) is 26.7 Å². The van der Waals surface area contributed by atoms with Gasteiger partial charge in [0.15, 0.2) is 0 Å². The lowest BCUT2D eigenvalue weighted by Crippen LogP contribution is -2.33. The standard InChI is InChI=1S/C14H22N4/c1-4-7-15-14-16-12(3)10-13(17-14)18-8-5-11(2)6-9-18/h4,10-11H,1,5-9H2,2-3H3,(H,15,16,17). The van der Waals surface area contributed by atoms with E-state index in [2.05, 4.69) is 39.8 Å². The number of hydrogen-bond donors (Lipinski definition) is 1. The minimum absolute atomic E-state index is 0.694. The van der Waals surface area contributed by atoms with Crippen LogP contribution in [0.15, 0.2) is 18.7 Å². The van der Waals surface area contributed by atoms with Crippen LogP contribution in [0.5, 0.6) is 0 Å². The molecule has 0 bridgehead atoms. The first kappa shape index (κ1) is 12.9. The van der Waals surface area contributed by atoms with Gasteiger partial charge < -0.3 is 10.2 Å². The highest BCUT2D eigenvalue weighted by atomic mass is 15.2. The Morgan fingerprint density at radius 3 is 2.83 bits per heavy atom. The zero-order valence-electron chi connectivity index (χ0n) is 11.3. The molecule has 1 saturated heterocycles. The predicted molar refractivity (Wildman–Crippen MR) is 76.1 cm³/mol. The maximum absolute atomic E-state index is 4.58. The zero-order chi connectivity index (χ0) is 13.0. The van der Waals surface area contributed by atoms with Crippen LogP contribution in [0.4, 0.5) is 11.8 Å². The number of nitrogens with one attached hydrogen (secondary N) is 1. The summed E-state index contributed by atoms with van der Waals surface area (Å²) in [4.78, 5) is 11.3. The largest absolute Gasteiger partial charge is 0.356 e. The highest BCUT2D eigenvalue weighted by molar-refractivity contribution is 5.45. The number of piperidine rings is 1. The first-order valence-corrected chi connectivity index (χ1v) is 6.64. The molecule has 0 aromatic carbocycles. The molecule has 4 heteroatoms. The van der Waals surface area contributed by atoms with E-state index >= 15 is 0 Å². The number of anilines is 2. The summed E-state index contributed by atoms with van der Waals surface area (Å²) in [7, 11) is 0. The Bertz CT molecular complexity index is 408. The Labute approximate surface area is 109 Å². The summed E-state index contributed by atoms with van der Waals surface area (Å²) in [5.41, 5.74) is 1.00. The predicted octanol–water partition coefficient (Wildman–Crippen LogP) is 2.62. The van der Waals surface area contributed by atoms with Crippen LogP contribution in [0.25, 0.3) is 0 Å². The van der Waals surface area contributed by atoms with Crippen molar-refractivity contribution >= 4 is 11.8 Å². The topological polar surface area (TPSA) is 41.1 Å². The van der Waals surface area contributed by atoms with E-state index in [1.165, 1.54) is 12.8 Å². The Morgan fingerprint density at radius 2 is 2.17 bits per heavy atom. The summed E-state index contributed by atoms with van der Waals surface area (Å²) < 4.78 is 0. The summed E-state index contributed by atoms with van der Waals surface area (Å²) in [6.07, 6.45) is 4.31. The molecule has 0 atom stereocenters. The lowest BCUT2D eigenvalue weighted by atomic mass is 9.99. The van der Waals surface area contributed by atoms with E-state index < -0.39 is 0 Å². The molecule has 1 N–H and O–H groups in total. The third-order valence-corrected chi connectivity index (χ3v) is 3.35. The lowest BCUT2D eigenvalue weighted by Gasteiger charge is -2.31. The molecule has 2 rings (SSSR count). The van der Waals surface area contributed by atoms with Gasteiger partial charge in [0.05, 0.1) is 0 Å². The highest BCUT2D eigenvalue weighted by Crippen LogP contribution is 2.22. The van der Waals surface area contributed by atoms with Crippen molar-refractivity contribution in [2.24, 2.45) is 5.92 Å².